The number of aromatic nitrogens is 2. The molecule has 0 aliphatic heterocycles. The SMILES string of the molecule is O=c1[nH]c(O)c(/C=C/C=S)c(=O)[nH]1. The summed E-state index contributed by atoms with van der Waals surface area (Å²) in [5.41, 5.74) is -1.43. The van der Waals surface area contributed by atoms with E-state index in [1.807, 2.05) is 9.97 Å². The molecule has 0 unspecified atom stereocenters. The summed E-state index contributed by atoms with van der Waals surface area (Å²) in [6, 6.07) is 0. The maximum Gasteiger partial charge on any atom is 0.328 e. The Morgan fingerprint density at radius 3 is 2.54 bits per heavy atom. The fraction of sp³-hybridized carbons (Fsp3) is 0. The van der Waals surface area contributed by atoms with Crippen LogP contribution in [0.25, 0.3) is 6.08 Å². The van der Waals surface area contributed by atoms with Crippen LogP contribution in [0, 0.1) is 0 Å². The lowest BCUT2D eigenvalue weighted by molar-refractivity contribution is 0.447. The van der Waals surface area contributed by atoms with Gasteiger partial charge in [0.15, 0.2) is 0 Å². The minimum atomic E-state index is -0.748. The van der Waals surface area contributed by atoms with Crippen molar-refractivity contribution in [2.45, 2.75) is 0 Å². The van der Waals surface area contributed by atoms with Gasteiger partial charge in [-0.3, -0.25) is 14.8 Å². The van der Waals surface area contributed by atoms with Gasteiger partial charge in [-0.05, 0) is 6.08 Å². The first-order chi connectivity index (χ1) is 6.15. The van der Waals surface area contributed by atoms with E-state index >= 15 is 0 Å². The molecule has 0 bridgehead atoms. The van der Waals surface area contributed by atoms with Gasteiger partial charge in [0, 0.05) is 5.37 Å². The highest BCUT2D eigenvalue weighted by molar-refractivity contribution is 7.79. The molecule has 0 aromatic carbocycles. The van der Waals surface area contributed by atoms with Crippen LogP contribution >= 0.6 is 12.2 Å². The third-order valence-electron chi connectivity index (χ3n) is 1.30. The summed E-state index contributed by atoms with van der Waals surface area (Å²) < 4.78 is 0. The van der Waals surface area contributed by atoms with Gasteiger partial charge in [-0.25, -0.2) is 4.79 Å². The summed E-state index contributed by atoms with van der Waals surface area (Å²) in [6.45, 7) is 0. The van der Waals surface area contributed by atoms with E-state index in [0.717, 1.165) is 0 Å². The second kappa shape index (κ2) is 3.81. The Morgan fingerprint density at radius 1 is 1.31 bits per heavy atom. The molecule has 6 heteroatoms. The van der Waals surface area contributed by atoms with Gasteiger partial charge < -0.3 is 5.11 Å². The number of aromatic amines is 2. The van der Waals surface area contributed by atoms with E-state index in [1.165, 1.54) is 17.5 Å². The molecule has 5 nitrogen and oxygen atoms in total. The first-order valence-electron chi connectivity index (χ1n) is 3.32. The van der Waals surface area contributed by atoms with Crippen molar-refractivity contribution in [1.82, 2.24) is 9.97 Å². The number of hydrogen-bond donors (Lipinski definition) is 3. The van der Waals surface area contributed by atoms with E-state index in [-0.39, 0.29) is 5.56 Å². The van der Waals surface area contributed by atoms with Crippen molar-refractivity contribution in [2.24, 2.45) is 0 Å². The van der Waals surface area contributed by atoms with Crippen LogP contribution < -0.4 is 11.2 Å². The third-order valence-corrected chi connectivity index (χ3v) is 1.46. The Kier molecular flexibility index (Phi) is 2.76. The molecule has 1 aromatic rings. The maximum atomic E-state index is 11.0. The number of hydrogen-bond acceptors (Lipinski definition) is 4. The van der Waals surface area contributed by atoms with Crippen LogP contribution in [0.5, 0.6) is 5.88 Å². The normalized spacial score (nSPS) is 10.5. The lowest BCUT2D eigenvalue weighted by Crippen LogP contribution is -2.23. The van der Waals surface area contributed by atoms with Gasteiger partial charge in [0.2, 0.25) is 5.88 Å². The molecule has 13 heavy (non-hydrogen) atoms. The maximum absolute atomic E-state index is 11.0. The molecule has 0 aliphatic rings. The zero-order valence-electron chi connectivity index (χ0n) is 6.40. The predicted octanol–water partition coefficient (Wildman–Crippen LogP) is -0.218. The second-order valence-corrected chi connectivity index (χ2v) is 2.44. The molecule has 3 N–H and O–H groups in total. The van der Waals surface area contributed by atoms with Crippen LogP contribution in [0.4, 0.5) is 0 Å². The lowest BCUT2D eigenvalue weighted by Gasteiger charge is -1.94. The molecule has 0 saturated carbocycles. The van der Waals surface area contributed by atoms with Gasteiger partial charge in [-0.1, -0.05) is 18.3 Å². The summed E-state index contributed by atoms with van der Waals surface area (Å²) in [5, 5.41) is 10.4. The van der Waals surface area contributed by atoms with Crippen LogP contribution in [-0.4, -0.2) is 20.4 Å². The molecule has 1 aromatic heterocycles. The average molecular weight is 198 g/mol. The van der Waals surface area contributed by atoms with E-state index < -0.39 is 17.1 Å². The third kappa shape index (κ3) is 2.12. The molecular formula is C7H6N2O3S. The van der Waals surface area contributed by atoms with E-state index in [1.54, 1.807) is 0 Å². The Labute approximate surface area is 77.8 Å². The quantitative estimate of drug-likeness (QED) is 0.453. The molecular weight excluding hydrogens is 192 g/mol. The van der Waals surface area contributed by atoms with E-state index in [9.17, 15) is 9.59 Å². The Balaban J connectivity index is 3.37. The van der Waals surface area contributed by atoms with Gasteiger partial charge in [-0.15, -0.1) is 0 Å². The molecule has 0 amide bonds. The lowest BCUT2D eigenvalue weighted by atomic mass is 10.3. The summed E-state index contributed by atoms with van der Waals surface area (Å²) in [7, 11) is 0. The van der Waals surface area contributed by atoms with Gasteiger partial charge in [0.05, 0.1) is 5.56 Å². The standard InChI is InChI=1S/C7H6N2O3S/c10-5-4(2-1-3-13)6(11)9-7(12)8-5/h1-3H,(H3,8,9,10,11,12)/b2-1+. The monoisotopic (exact) mass is 198 g/mol. The van der Waals surface area contributed by atoms with Crippen LogP contribution in [0.1, 0.15) is 5.56 Å². The van der Waals surface area contributed by atoms with Crippen molar-refractivity contribution >= 4 is 23.7 Å². The highest BCUT2D eigenvalue weighted by Crippen LogP contribution is 2.05. The van der Waals surface area contributed by atoms with Gasteiger partial charge >= 0.3 is 5.69 Å². The Hall–Kier alpha value is -1.69. The largest absolute Gasteiger partial charge is 0.494 e. The van der Waals surface area contributed by atoms with Crippen LogP contribution in [0.3, 0.4) is 0 Å². The van der Waals surface area contributed by atoms with Gasteiger partial charge in [-0.2, -0.15) is 0 Å². The number of rotatable bonds is 2. The van der Waals surface area contributed by atoms with Crippen molar-refractivity contribution in [3.05, 3.63) is 32.5 Å². The molecule has 0 saturated heterocycles. The smallest absolute Gasteiger partial charge is 0.328 e. The minimum absolute atomic E-state index is 0.0271. The molecule has 0 atom stereocenters. The van der Waals surface area contributed by atoms with E-state index in [2.05, 4.69) is 12.2 Å². The van der Waals surface area contributed by atoms with Crippen molar-refractivity contribution in [3.8, 4) is 5.88 Å². The summed E-state index contributed by atoms with van der Waals surface area (Å²) in [4.78, 5) is 25.6. The predicted molar refractivity (Wildman–Crippen MR) is 52.0 cm³/mol. The summed E-state index contributed by atoms with van der Waals surface area (Å²) in [5.74, 6) is -0.471. The first kappa shape index (κ1) is 9.40. The molecule has 68 valence electrons. The number of aromatic hydroxyl groups is 1. The Bertz CT molecular complexity index is 458. The molecule has 0 spiro atoms. The van der Waals surface area contributed by atoms with E-state index in [0.29, 0.717) is 0 Å². The number of nitrogens with one attached hydrogen (secondary N) is 2. The first-order valence-corrected chi connectivity index (χ1v) is 3.79. The molecule has 0 radical (unpaired) electrons. The summed E-state index contributed by atoms with van der Waals surface area (Å²) in [6.07, 6.45) is 2.70. The Morgan fingerprint density at radius 2 is 2.00 bits per heavy atom. The highest BCUT2D eigenvalue weighted by atomic mass is 32.1. The zero-order chi connectivity index (χ0) is 9.84. The summed E-state index contributed by atoms with van der Waals surface area (Å²) >= 11 is 4.49. The second-order valence-electron chi connectivity index (χ2n) is 2.17. The van der Waals surface area contributed by atoms with Crippen molar-refractivity contribution in [2.75, 3.05) is 0 Å². The number of allylic oxidation sites excluding steroid dienone is 1. The van der Waals surface area contributed by atoms with Crippen molar-refractivity contribution in [1.29, 1.82) is 0 Å². The zero-order valence-corrected chi connectivity index (χ0v) is 7.22. The van der Waals surface area contributed by atoms with Crippen LogP contribution in [0.2, 0.25) is 0 Å². The van der Waals surface area contributed by atoms with Gasteiger partial charge in [0.1, 0.15) is 0 Å². The fourth-order valence-corrected chi connectivity index (χ4v) is 0.853. The molecule has 1 rings (SSSR count). The van der Waals surface area contributed by atoms with Crippen LogP contribution in [0.15, 0.2) is 15.7 Å². The molecule has 0 fully saturated rings. The van der Waals surface area contributed by atoms with E-state index in [4.69, 9.17) is 5.11 Å². The number of H-pyrrole nitrogens is 2. The van der Waals surface area contributed by atoms with Gasteiger partial charge in [0.25, 0.3) is 5.56 Å². The van der Waals surface area contributed by atoms with Crippen molar-refractivity contribution < 1.29 is 5.11 Å². The molecule has 1 heterocycles. The topological polar surface area (TPSA) is 85.9 Å². The number of thiocarbonyl (C=S) groups is 1. The highest BCUT2D eigenvalue weighted by Gasteiger charge is 2.03. The molecule has 0 aliphatic carbocycles. The van der Waals surface area contributed by atoms with Crippen LogP contribution in [-0.2, 0) is 0 Å². The fourth-order valence-electron chi connectivity index (χ4n) is 0.774. The average Bonchev–Trinajstić information content (AvgIpc) is 2.02. The van der Waals surface area contributed by atoms with Crippen molar-refractivity contribution in [3.63, 3.8) is 0 Å². The minimum Gasteiger partial charge on any atom is -0.494 e.